The lowest BCUT2D eigenvalue weighted by Crippen LogP contribution is -2.41. The molecule has 0 radical (unpaired) electrons. The molecule has 1 aliphatic heterocycles. The number of nitrogens with zero attached hydrogens (tertiary/aromatic N) is 1. The van der Waals surface area contributed by atoms with Crippen molar-refractivity contribution >= 4 is 20.8 Å². The summed E-state index contributed by atoms with van der Waals surface area (Å²) in [5.41, 5.74) is 0. The highest BCUT2D eigenvalue weighted by Gasteiger charge is 2.30. The Hall–Kier alpha value is -0.700. The van der Waals surface area contributed by atoms with Gasteiger partial charge in [0.05, 0.1) is 6.54 Å². The number of nitrogens with one attached hydrogen (secondary N) is 1. The van der Waals surface area contributed by atoms with Crippen molar-refractivity contribution in [3.63, 3.8) is 0 Å². The van der Waals surface area contributed by atoms with Crippen molar-refractivity contribution in [2.75, 3.05) is 31.1 Å². The second-order valence-electron chi connectivity index (χ2n) is 4.65. The normalized spacial score (nSPS) is 18.4. The van der Waals surface area contributed by atoms with Crippen molar-refractivity contribution in [3.05, 3.63) is 17.9 Å². The largest absolute Gasteiger partial charge is 0.447 e. The Kier molecular flexibility index (Phi) is 5.36. The van der Waals surface area contributed by atoms with Crippen molar-refractivity contribution < 1.29 is 17.0 Å². The molecule has 0 saturated carbocycles. The molecule has 20 heavy (non-hydrogen) atoms. The summed E-state index contributed by atoms with van der Waals surface area (Å²) >= 11 is 0. The van der Waals surface area contributed by atoms with E-state index in [2.05, 4.69) is 12.2 Å². The highest BCUT2D eigenvalue weighted by Crippen LogP contribution is 2.20. The fourth-order valence-electron chi connectivity index (χ4n) is 1.97. The Morgan fingerprint density at radius 3 is 2.70 bits per heavy atom. The van der Waals surface area contributed by atoms with E-state index in [0.717, 1.165) is 13.0 Å². The lowest BCUT2D eigenvalue weighted by atomic mass is 10.4. The van der Waals surface area contributed by atoms with Gasteiger partial charge >= 0.3 is 0 Å². The van der Waals surface area contributed by atoms with Crippen molar-refractivity contribution in [2.45, 2.75) is 25.0 Å². The first-order chi connectivity index (χ1) is 9.54. The average molecular weight is 320 g/mol. The van der Waals surface area contributed by atoms with Crippen LogP contribution in [0.25, 0.3) is 0 Å². The van der Waals surface area contributed by atoms with E-state index in [9.17, 15) is 12.6 Å². The van der Waals surface area contributed by atoms with Gasteiger partial charge in [-0.1, -0.05) is 6.92 Å². The fourth-order valence-corrected chi connectivity index (χ4v) is 4.62. The topological polar surface area (TPSA) is 79.6 Å². The molecule has 0 atom stereocenters. The molecular formula is C12H20N2O4S2. The summed E-state index contributed by atoms with van der Waals surface area (Å²) in [6, 6.07) is 3.17. The SMILES string of the molecule is CCCNCc1ccc(S(=O)(=O)N2CCS(=O)CC2)o1. The molecule has 1 N–H and O–H groups in total. The molecule has 0 aromatic carbocycles. The monoisotopic (exact) mass is 320 g/mol. The molecule has 1 saturated heterocycles. The van der Waals surface area contributed by atoms with E-state index in [1.54, 1.807) is 6.07 Å². The molecule has 2 heterocycles. The van der Waals surface area contributed by atoms with Crippen molar-refractivity contribution in [3.8, 4) is 0 Å². The quantitative estimate of drug-likeness (QED) is 0.774. The Bertz CT molecular complexity index is 558. The Labute approximate surface area is 122 Å². The van der Waals surface area contributed by atoms with Gasteiger partial charge < -0.3 is 9.73 Å². The predicted molar refractivity (Wildman–Crippen MR) is 77.3 cm³/mol. The standard InChI is InChI=1S/C12H20N2O4S2/c1-2-5-13-10-11-3-4-12(18-11)20(16,17)14-6-8-19(15)9-7-14/h3-4,13H,2,5-10H2,1H3. The van der Waals surface area contributed by atoms with Crippen molar-refractivity contribution in [2.24, 2.45) is 0 Å². The Morgan fingerprint density at radius 1 is 1.35 bits per heavy atom. The first-order valence-electron chi connectivity index (χ1n) is 6.68. The molecule has 0 aliphatic carbocycles. The molecule has 2 rings (SSSR count). The van der Waals surface area contributed by atoms with Crippen LogP contribution < -0.4 is 5.32 Å². The molecule has 114 valence electrons. The molecule has 1 fully saturated rings. The number of sulfonamides is 1. The highest BCUT2D eigenvalue weighted by atomic mass is 32.2. The summed E-state index contributed by atoms with van der Waals surface area (Å²) in [5, 5.41) is 3.13. The van der Waals surface area contributed by atoms with E-state index >= 15 is 0 Å². The van der Waals surface area contributed by atoms with Crippen LogP contribution >= 0.6 is 0 Å². The van der Waals surface area contributed by atoms with E-state index in [1.165, 1.54) is 10.4 Å². The van der Waals surface area contributed by atoms with Crippen molar-refractivity contribution in [1.82, 2.24) is 9.62 Å². The zero-order valence-corrected chi connectivity index (χ0v) is 13.1. The molecule has 1 aromatic heterocycles. The van der Waals surface area contributed by atoms with Crippen LogP contribution in [-0.2, 0) is 27.4 Å². The number of rotatable bonds is 6. The van der Waals surface area contributed by atoms with Crippen LogP contribution in [0, 0.1) is 0 Å². The summed E-state index contributed by atoms with van der Waals surface area (Å²) in [4.78, 5) is 0. The van der Waals surface area contributed by atoms with Crippen LogP contribution in [0.15, 0.2) is 21.6 Å². The average Bonchev–Trinajstić information content (AvgIpc) is 2.89. The zero-order valence-electron chi connectivity index (χ0n) is 11.5. The van der Waals surface area contributed by atoms with Gasteiger partial charge in [0, 0.05) is 35.4 Å². The Morgan fingerprint density at radius 2 is 2.05 bits per heavy atom. The van der Waals surface area contributed by atoms with Crippen LogP contribution in [0.4, 0.5) is 0 Å². The van der Waals surface area contributed by atoms with Gasteiger partial charge in [0.1, 0.15) is 5.76 Å². The molecule has 0 spiro atoms. The maximum absolute atomic E-state index is 12.4. The van der Waals surface area contributed by atoms with Gasteiger partial charge in [0.2, 0.25) is 5.09 Å². The highest BCUT2D eigenvalue weighted by molar-refractivity contribution is 7.89. The van der Waals surface area contributed by atoms with Crippen molar-refractivity contribution in [1.29, 1.82) is 0 Å². The molecule has 0 bridgehead atoms. The summed E-state index contributed by atoms with van der Waals surface area (Å²) in [5.74, 6) is 1.40. The van der Waals surface area contributed by atoms with Gasteiger partial charge in [0.25, 0.3) is 10.0 Å². The Balaban J connectivity index is 2.04. The fraction of sp³-hybridized carbons (Fsp3) is 0.667. The second kappa shape index (κ2) is 6.84. The number of hydrogen-bond donors (Lipinski definition) is 1. The molecule has 0 amide bonds. The lowest BCUT2D eigenvalue weighted by molar-refractivity contribution is 0.372. The molecule has 1 aromatic rings. The third kappa shape index (κ3) is 3.69. The second-order valence-corrected chi connectivity index (χ2v) is 8.21. The summed E-state index contributed by atoms with van der Waals surface area (Å²) in [6.45, 7) is 4.03. The lowest BCUT2D eigenvalue weighted by Gasteiger charge is -2.24. The molecule has 8 heteroatoms. The van der Waals surface area contributed by atoms with Crippen LogP contribution in [0.2, 0.25) is 0 Å². The van der Waals surface area contributed by atoms with E-state index in [1.807, 2.05) is 0 Å². The zero-order chi connectivity index (χ0) is 14.6. The maximum atomic E-state index is 12.4. The van der Waals surface area contributed by atoms with E-state index in [4.69, 9.17) is 4.42 Å². The minimum Gasteiger partial charge on any atom is -0.447 e. The van der Waals surface area contributed by atoms with Crippen LogP contribution in [-0.4, -0.2) is 48.1 Å². The minimum absolute atomic E-state index is 0.0292. The predicted octanol–water partition coefficient (Wildman–Crippen LogP) is 0.532. The van der Waals surface area contributed by atoms with E-state index < -0.39 is 20.8 Å². The molecule has 0 unspecified atom stereocenters. The minimum atomic E-state index is -3.59. The van der Waals surface area contributed by atoms with Gasteiger partial charge in [-0.05, 0) is 25.1 Å². The van der Waals surface area contributed by atoms with E-state index in [-0.39, 0.29) is 5.09 Å². The number of hydrogen-bond acceptors (Lipinski definition) is 5. The smallest absolute Gasteiger partial charge is 0.276 e. The number of furan rings is 1. The molecule has 6 nitrogen and oxygen atoms in total. The third-order valence-corrected chi connectivity index (χ3v) is 6.14. The first kappa shape index (κ1) is 15.7. The summed E-state index contributed by atoms with van der Waals surface area (Å²) in [6.07, 6.45) is 1.01. The van der Waals surface area contributed by atoms with Gasteiger partial charge in [-0.3, -0.25) is 4.21 Å². The van der Waals surface area contributed by atoms with Gasteiger partial charge in [-0.2, -0.15) is 4.31 Å². The van der Waals surface area contributed by atoms with Gasteiger partial charge in [-0.25, -0.2) is 8.42 Å². The molecule has 1 aliphatic rings. The summed E-state index contributed by atoms with van der Waals surface area (Å²) < 4.78 is 42.7. The van der Waals surface area contributed by atoms with Gasteiger partial charge in [0.15, 0.2) is 0 Å². The van der Waals surface area contributed by atoms with Crippen LogP contribution in [0.1, 0.15) is 19.1 Å². The molecular weight excluding hydrogens is 300 g/mol. The van der Waals surface area contributed by atoms with E-state index in [0.29, 0.717) is 36.9 Å². The first-order valence-corrected chi connectivity index (χ1v) is 9.61. The van der Waals surface area contributed by atoms with Crippen LogP contribution in [0.5, 0.6) is 0 Å². The van der Waals surface area contributed by atoms with Gasteiger partial charge in [-0.15, -0.1) is 0 Å². The van der Waals surface area contributed by atoms with Crippen LogP contribution in [0.3, 0.4) is 0 Å². The maximum Gasteiger partial charge on any atom is 0.276 e. The third-order valence-electron chi connectivity index (χ3n) is 3.09. The summed E-state index contributed by atoms with van der Waals surface area (Å²) in [7, 11) is -4.49.